The lowest BCUT2D eigenvalue weighted by Crippen LogP contribution is -2.35. The van der Waals surface area contributed by atoms with Crippen molar-refractivity contribution in [2.75, 3.05) is 0 Å². The fraction of sp³-hybridized carbons (Fsp3) is 0.143. The van der Waals surface area contributed by atoms with Crippen LogP contribution in [-0.4, -0.2) is 9.13 Å². The van der Waals surface area contributed by atoms with E-state index in [-0.39, 0.29) is 0 Å². The van der Waals surface area contributed by atoms with E-state index in [1.807, 2.05) is 36.0 Å². The lowest BCUT2D eigenvalue weighted by atomic mass is 10.3. The molecule has 0 aliphatic heterocycles. The SMILES string of the molecule is C[n+]1ccn(C[n+]2ccn(-c3ccccc3)c2)c1. The smallest absolute Gasteiger partial charge is 0.239 e. The number of hydrogen-bond acceptors (Lipinski definition) is 0. The van der Waals surface area contributed by atoms with E-state index in [4.69, 9.17) is 0 Å². The largest absolute Gasteiger partial charge is 0.252 e. The summed E-state index contributed by atoms with van der Waals surface area (Å²) in [5.74, 6) is 0. The Morgan fingerprint density at radius 3 is 2.56 bits per heavy atom. The van der Waals surface area contributed by atoms with E-state index in [0.717, 1.165) is 6.67 Å². The van der Waals surface area contributed by atoms with Gasteiger partial charge >= 0.3 is 0 Å². The number of aromatic nitrogens is 4. The second kappa shape index (κ2) is 4.49. The molecular weight excluding hydrogens is 224 g/mol. The van der Waals surface area contributed by atoms with Crippen molar-refractivity contribution < 1.29 is 9.13 Å². The van der Waals surface area contributed by atoms with Crippen LogP contribution in [0.15, 0.2) is 67.8 Å². The molecule has 0 N–H and O–H groups in total. The quantitative estimate of drug-likeness (QED) is 0.605. The molecule has 0 atom stereocenters. The summed E-state index contributed by atoms with van der Waals surface area (Å²) in [5, 5.41) is 0. The van der Waals surface area contributed by atoms with Gasteiger partial charge in [0.05, 0.1) is 7.05 Å². The fourth-order valence-electron chi connectivity index (χ4n) is 2.00. The van der Waals surface area contributed by atoms with Crippen molar-refractivity contribution in [1.29, 1.82) is 0 Å². The summed E-state index contributed by atoms with van der Waals surface area (Å²) in [4.78, 5) is 0. The molecule has 0 fully saturated rings. The minimum absolute atomic E-state index is 0.820. The molecule has 0 bridgehead atoms. The van der Waals surface area contributed by atoms with Gasteiger partial charge in [0.1, 0.15) is 30.5 Å². The zero-order valence-corrected chi connectivity index (χ0v) is 10.3. The van der Waals surface area contributed by atoms with E-state index in [1.165, 1.54) is 5.69 Å². The molecule has 0 aliphatic rings. The Hall–Kier alpha value is -2.36. The van der Waals surface area contributed by atoms with Gasteiger partial charge in [0.25, 0.3) is 6.33 Å². The van der Waals surface area contributed by atoms with Crippen molar-refractivity contribution in [3.63, 3.8) is 0 Å². The molecule has 0 radical (unpaired) electrons. The van der Waals surface area contributed by atoms with Gasteiger partial charge in [-0.2, -0.15) is 9.13 Å². The summed E-state index contributed by atoms with van der Waals surface area (Å²) < 4.78 is 8.43. The predicted octanol–water partition coefficient (Wildman–Crippen LogP) is 0.897. The highest BCUT2D eigenvalue weighted by Gasteiger charge is 2.08. The van der Waals surface area contributed by atoms with Crippen LogP contribution in [0.5, 0.6) is 0 Å². The van der Waals surface area contributed by atoms with Gasteiger partial charge in [0.2, 0.25) is 13.0 Å². The first kappa shape index (κ1) is 10.8. The second-order valence-corrected chi connectivity index (χ2v) is 4.41. The molecule has 1 aromatic carbocycles. The van der Waals surface area contributed by atoms with E-state index in [1.54, 1.807) is 0 Å². The Bertz CT molecular complexity index is 637. The van der Waals surface area contributed by atoms with Gasteiger partial charge in [-0.1, -0.05) is 18.2 Å². The third-order valence-electron chi connectivity index (χ3n) is 2.90. The maximum atomic E-state index is 2.15. The van der Waals surface area contributed by atoms with Crippen molar-refractivity contribution in [3.8, 4) is 5.69 Å². The summed E-state index contributed by atoms with van der Waals surface area (Å²) in [6, 6.07) is 10.3. The number of rotatable bonds is 3. The fourth-order valence-corrected chi connectivity index (χ4v) is 2.00. The van der Waals surface area contributed by atoms with Gasteiger partial charge in [0, 0.05) is 0 Å². The number of imidazole rings is 2. The molecule has 2 heterocycles. The van der Waals surface area contributed by atoms with Crippen LogP contribution in [0.4, 0.5) is 0 Å². The lowest BCUT2D eigenvalue weighted by Gasteiger charge is -1.93. The second-order valence-electron chi connectivity index (χ2n) is 4.41. The zero-order valence-electron chi connectivity index (χ0n) is 10.3. The Kier molecular flexibility index (Phi) is 2.68. The first-order chi connectivity index (χ1) is 8.81. The topological polar surface area (TPSA) is 17.6 Å². The average molecular weight is 240 g/mol. The molecule has 0 unspecified atom stereocenters. The average Bonchev–Trinajstić information content (AvgIpc) is 3.01. The number of para-hydroxylation sites is 1. The summed E-state index contributed by atoms with van der Waals surface area (Å²) >= 11 is 0. The number of aryl methyl sites for hydroxylation is 1. The summed E-state index contributed by atoms with van der Waals surface area (Å²) in [7, 11) is 2.02. The molecule has 18 heavy (non-hydrogen) atoms. The lowest BCUT2D eigenvalue weighted by molar-refractivity contribution is -0.706. The normalized spacial score (nSPS) is 10.7. The Morgan fingerprint density at radius 2 is 1.83 bits per heavy atom. The first-order valence-electron chi connectivity index (χ1n) is 5.95. The predicted molar refractivity (Wildman–Crippen MR) is 67.0 cm³/mol. The molecule has 4 heteroatoms. The van der Waals surface area contributed by atoms with Crippen LogP contribution in [0.25, 0.3) is 5.69 Å². The van der Waals surface area contributed by atoms with Crippen LogP contribution >= 0.6 is 0 Å². The molecule has 3 rings (SSSR count). The van der Waals surface area contributed by atoms with Crippen LogP contribution in [0.1, 0.15) is 0 Å². The standard InChI is InChI=1S/C14H16N4/c1-15-7-8-16(11-15)12-17-9-10-18(13-17)14-5-3-2-4-6-14/h2-11,13H,12H2,1H3/q+2. The molecule has 0 saturated carbocycles. The molecule has 4 nitrogen and oxygen atoms in total. The van der Waals surface area contributed by atoms with Crippen LogP contribution in [0.3, 0.4) is 0 Å². The van der Waals surface area contributed by atoms with Crippen LogP contribution in [-0.2, 0) is 13.7 Å². The number of nitrogens with zero attached hydrogens (tertiary/aromatic N) is 4. The van der Waals surface area contributed by atoms with E-state index >= 15 is 0 Å². The monoisotopic (exact) mass is 240 g/mol. The summed E-state index contributed by atoms with van der Waals surface area (Å²) in [5.41, 5.74) is 1.18. The molecule has 0 spiro atoms. The van der Waals surface area contributed by atoms with Crippen LogP contribution < -0.4 is 9.13 Å². The molecule has 90 valence electrons. The van der Waals surface area contributed by atoms with Gasteiger partial charge in [-0.3, -0.25) is 0 Å². The summed E-state index contributed by atoms with van der Waals surface area (Å²) in [6.45, 7) is 0.820. The highest BCUT2D eigenvalue weighted by atomic mass is 15.2. The van der Waals surface area contributed by atoms with Crippen molar-refractivity contribution in [1.82, 2.24) is 9.13 Å². The zero-order chi connectivity index (χ0) is 12.4. The molecule has 3 aromatic rings. The minimum Gasteiger partial charge on any atom is -0.239 e. The number of hydrogen-bond donors (Lipinski definition) is 0. The Morgan fingerprint density at radius 1 is 1.00 bits per heavy atom. The van der Waals surface area contributed by atoms with E-state index in [0.29, 0.717) is 0 Å². The van der Waals surface area contributed by atoms with Crippen molar-refractivity contribution in [2.24, 2.45) is 7.05 Å². The third-order valence-corrected chi connectivity index (χ3v) is 2.90. The maximum absolute atomic E-state index is 2.15. The van der Waals surface area contributed by atoms with Gasteiger partial charge in [-0.15, -0.1) is 0 Å². The molecular formula is C14H16N4+2. The summed E-state index contributed by atoms with van der Waals surface area (Å²) in [6.07, 6.45) is 12.4. The molecule has 2 aromatic heterocycles. The van der Waals surface area contributed by atoms with Crippen LogP contribution in [0, 0.1) is 0 Å². The highest BCUT2D eigenvalue weighted by molar-refractivity contribution is 5.30. The van der Waals surface area contributed by atoms with Crippen molar-refractivity contribution in [3.05, 3.63) is 67.8 Å². The highest BCUT2D eigenvalue weighted by Crippen LogP contribution is 2.04. The van der Waals surface area contributed by atoms with E-state index in [2.05, 4.69) is 57.1 Å². The van der Waals surface area contributed by atoms with E-state index < -0.39 is 0 Å². The third kappa shape index (κ3) is 2.18. The van der Waals surface area contributed by atoms with Crippen molar-refractivity contribution in [2.45, 2.75) is 6.67 Å². The Labute approximate surface area is 106 Å². The first-order valence-corrected chi connectivity index (χ1v) is 5.95. The molecule has 0 saturated heterocycles. The molecule has 0 amide bonds. The Balaban J connectivity index is 1.82. The van der Waals surface area contributed by atoms with E-state index in [9.17, 15) is 0 Å². The molecule has 0 aliphatic carbocycles. The van der Waals surface area contributed by atoms with Gasteiger partial charge < -0.3 is 0 Å². The maximum Gasteiger partial charge on any atom is 0.252 e. The van der Waals surface area contributed by atoms with Gasteiger partial charge in [0.15, 0.2) is 0 Å². The van der Waals surface area contributed by atoms with Gasteiger partial charge in [-0.05, 0) is 12.1 Å². The van der Waals surface area contributed by atoms with Crippen LogP contribution in [0.2, 0.25) is 0 Å². The van der Waals surface area contributed by atoms with Gasteiger partial charge in [-0.25, -0.2) is 9.13 Å². The number of benzene rings is 1. The van der Waals surface area contributed by atoms with Crippen molar-refractivity contribution >= 4 is 0 Å². The minimum atomic E-state index is 0.820.